The smallest absolute Gasteiger partial charge is 0.100 e. The molecule has 0 spiro atoms. The molecule has 0 aliphatic heterocycles. The van der Waals surface area contributed by atoms with E-state index >= 15 is 0 Å². The largest absolute Gasteiger partial charge is 0.381 e. The molecule has 92 valence electrons. The van der Waals surface area contributed by atoms with Crippen molar-refractivity contribution >= 4 is 21.6 Å². The van der Waals surface area contributed by atoms with Gasteiger partial charge in [0.15, 0.2) is 0 Å². The van der Waals surface area contributed by atoms with E-state index in [1.807, 2.05) is 30.3 Å². The van der Waals surface area contributed by atoms with Gasteiger partial charge in [0, 0.05) is 16.7 Å². The molecule has 0 aliphatic carbocycles. The normalized spacial score (nSPS) is 9.42. The van der Waals surface area contributed by atoms with E-state index in [0.717, 1.165) is 15.7 Å². The van der Waals surface area contributed by atoms with Crippen molar-refractivity contribution in [1.29, 1.82) is 10.5 Å². The van der Waals surface area contributed by atoms with Crippen LogP contribution in [-0.4, -0.2) is 0 Å². The fourth-order valence-electron chi connectivity index (χ4n) is 1.67. The molecular weight excluding hydrogens is 302 g/mol. The minimum Gasteiger partial charge on any atom is -0.381 e. The van der Waals surface area contributed by atoms with Crippen LogP contribution in [0.2, 0.25) is 0 Å². The Morgan fingerprint density at radius 2 is 1.89 bits per heavy atom. The molecule has 4 heteroatoms. The van der Waals surface area contributed by atoms with E-state index in [9.17, 15) is 0 Å². The molecule has 0 atom stereocenters. The van der Waals surface area contributed by atoms with Crippen LogP contribution in [0.5, 0.6) is 0 Å². The van der Waals surface area contributed by atoms with Crippen LogP contribution in [0.25, 0.3) is 0 Å². The fourth-order valence-corrected chi connectivity index (χ4v) is 2.14. The second kappa shape index (κ2) is 6.04. The first-order valence-electron chi connectivity index (χ1n) is 5.65. The quantitative estimate of drug-likeness (QED) is 0.937. The van der Waals surface area contributed by atoms with Crippen LogP contribution in [0.1, 0.15) is 16.7 Å². The highest BCUT2D eigenvalue weighted by Gasteiger charge is 2.01. The van der Waals surface area contributed by atoms with Crippen molar-refractivity contribution in [2.75, 3.05) is 5.32 Å². The molecule has 0 aromatic heterocycles. The second-order valence-electron chi connectivity index (χ2n) is 3.97. The van der Waals surface area contributed by atoms with Crippen molar-refractivity contribution in [3.8, 4) is 12.1 Å². The van der Waals surface area contributed by atoms with Crippen molar-refractivity contribution < 1.29 is 0 Å². The summed E-state index contributed by atoms with van der Waals surface area (Å²) in [4.78, 5) is 0. The number of nitrogens with zero attached hydrogens (tertiary/aromatic N) is 2. The standard InChI is InChI=1S/C15H10BrN3/c16-15-7-14(5-4-13(15)9-18)19-10-12-3-1-2-11(6-12)8-17/h1-7,19H,10H2. The van der Waals surface area contributed by atoms with Crippen molar-refractivity contribution in [2.45, 2.75) is 6.54 Å². The van der Waals surface area contributed by atoms with E-state index in [4.69, 9.17) is 10.5 Å². The van der Waals surface area contributed by atoms with Crippen LogP contribution in [0.4, 0.5) is 5.69 Å². The molecule has 19 heavy (non-hydrogen) atoms. The van der Waals surface area contributed by atoms with Gasteiger partial charge in [0.25, 0.3) is 0 Å². The van der Waals surface area contributed by atoms with Gasteiger partial charge in [0.05, 0.1) is 17.2 Å². The lowest BCUT2D eigenvalue weighted by Gasteiger charge is -2.07. The number of benzene rings is 2. The Hall–Kier alpha value is -2.30. The molecule has 2 aromatic carbocycles. The summed E-state index contributed by atoms with van der Waals surface area (Å²) in [6.07, 6.45) is 0. The molecule has 0 fully saturated rings. The third kappa shape index (κ3) is 3.34. The maximum absolute atomic E-state index is 8.84. The van der Waals surface area contributed by atoms with Crippen molar-refractivity contribution in [1.82, 2.24) is 0 Å². The monoisotopic (exact) mass is 311 g/mol. The molecule has 0 bridgehead atoms. The molecule has 1 N–H and O–H groups in total. The average Bonchev–Trinajstić information content (AvgIpc) is 2.45. The summed E-state index contributed by atoms with van der Waals surface area (Å²) in [5.74, 6) is 0. The zero-order chi connectivity index (χ0) is 13.7. The number of halogens is 1. The first-order chi connectivity index (χ1) is 9.22. The van der Waals surface area contributed by atoms with Crippen LogP contribution in [0.15, 0.2) is 46.9 Å². The lowest BCUT2D eigenvalue weighted by atomic mass is 10.1. The van der Waals surface area contributed by atoms with Crippen molar-refractivity contribution in [3.05, 3.63) is 63.6 Å². The highest BCUT2D eigenvalue weighted by Crippen LogP contribution is 2.21. The minimum atomic E-state index is 0.608. The predicted molar refractivity (Wildman–Crippen MR) is 77.3 cm³/mol. The topological polar surface area (TPSA) is 59.6 Å². The molecular formula is C15H10BrN3. The van der Waals surface area contributed by atoms with Gasteiger partial charge in [-0.2, -0.15) is 10.5 Å². The molecule has 0 saturated heterocycles. The molecule has 2 rings (SSSR count). The van der Waals surface area contributed by atoms with E-state index in [1.165, 1.54) is 0 Å². The fraction of sp³-hybridized carbons (Fsp3) is 0.0667. The van der Waals surface area contributed by atoms with Crippen LogP contribution in [0, 0.1) is 22.7 Å². The number of rotatable bonds is 3. The zero-order valence-corrected chi connectivity index (χ0v) is 11.6. The Morgan fingerprint density at radius 3 is 2.58 bits per heavy atom. The van der Waals surface area contributed by atoms with Gasteiger partial charge < -0.3 is 5.32 Å². The first kappa shape index (κ1) is 13.1. The summed E-state index contributed by atoms with van der Waals surface area (Å²) in [6.45, 7) is 0.633. The van der Waals surface area contributed by atoms with Gasteiger partial charge in [-0.1, -0.05) is 12.1 Å². The lowest BCUT2D eigenvalue weighted by molar-refractivity contribution is 1.14. The highest BCUT2D eigenvalue weighted by atomic mass is 79.9. The molecule has 0 unspecified atom stereocenters. The number of hydrogen-bond donors (Lipinski definition) is 1. The Bertz CT molecular complexity index is 681. The number of anilines is 1. The van der Waals surface area contributed by atoms with Crippen molar-refractivity contribution in [2.24, 2.45) is 0 Å². The molecule has 2 aromatic rings. The third-order valence-corrected chi connectivity index (χ3v) is 3.30. The minimum absolute atomic E-state index is 0.608. The van der Waals surface area contributed by atoms with Crippen LogP contribution in [-0.2, 0) is 6.54 Å². The molecule has 0 heterocycles. The number of hydrogen-bond acceptors (Lipinski definition) is 3. The van der Waals surface area contributed by atoms with E-state index in [1.54, 1.807) is 12.1 Å². The van der Waals surface area contributed by atoms with Gasteiger partial charge in [-0.05, 0) is 51.8 Å². The van der Waals surface area contributed by atoms with Crippen LogP contribution in [0.3, 0.4) is 0 Å². The first-order valence-corrected chi connectivity index (χ1v) is 6.45. The van der Waals surface area contributed by atoms with E-state index < -0.39 is 0 Å². The van der Waals surface area contributed by atoms with Gasteiger partial charge in [-0.3, -0.25) is 0 Å². The summed E-state index contributed by atoms with van der Waals surface area (Å²) in [6, 6.07) is 17.2. The highest BCUT2D eigenvalue weighted by molar-refractivity contribution is 9.10. The van der Waals surface area contributed by atoms with E-state index in [0.29, 0.717) is 17.7 Å². The zero-order valence-electron chi connectivity index (χ0n) is 10.0. The molecule has 0 amide bonds. The Balaban J connectivity index is 2.09. The van der Waals surface area contributed by atoms with Gasteiger partial charge in [0.1, 0.15) is 6.07 Å². The summed E-state index contributed by atoms with van der Waals surface area (Å²) >= 11 is 3.35. The summed E-state index contributed by atoms with van der Waals surface area (Å²) in [5.41, 5.74) is 3.23. The molecule has 0 aliphatic rings. The molecule has 3 nitrogen and oxygen atoms in total. The summed E-state index contributed by atoms with van der Waals surface area (Å²) < 4.78 is 0.769. The van der Waals surface area contributed by atoms with Gasteiger partial charge in [-0.25, -0.2) is 0 Å². The van der Waals surface area contributed by atoms with E-state index in [-0.39, 0.29) is 0 Å². The van der Waals surface area contributed by atoms with Gasteiger partial charge >= 0.3 is 0 Å². The Labute approximate surface area is 120 Å². The Kier molecular flexibility index (Phi) is 4.18. The maximum Gasteiger partial charge on any atom is 0.100 e. The second-order valence-corrected chi connectivity index (χ2v) is 4.83. The molecule has 0 saturated carbocycles. The predicted octanol–water partition coefficient (Wildman–Crippen LogP) is 3.80. The SMILES string of the molecule is N#Cc1cccc(CNc2ccc(C#N)c(Br)c2)c1. The third-order valence-electron chi connectivity index (χ3n) is 2.64. The average molecular weight is 312 g/mol. The lowest BCUT2D eigenvalue weighted by Crippen LogP contribution is -1.99. The maximum atomic E-state index is 8.84. The number of nitrogens with one attached hydrogen (secondary N) is 1. The summed E-state index contributed by atoms with van der Waals surface area (Å²) in [7, 11) is 0. The van der Waals surface area contributed by atoms with Gasteiger partial charge in [0.2, 0.25) is 0 Å². The van der Waals surface area contributed by atoms with Crippen molar-refractivity contribution in [3.63, 3.8) is 0 Å². The van der Waals surface area contributed by atoms with Crippen LogP contribution < -0.4 is 5.32 Å². The van der Waals surface area contributed by atoms with E-state index in [2.05, 4.69) is 33.4 Å². The van der Waals surface area contributed by atoms with Gasteiger partial charge in [-0.15, -0.1) is 0 Å². The molecule has 0 radical (unpaired) electrons. The van der Waals surface area contributed by atoms with Crippen LogP contribution >= 0.6 is 15.9 Å². The Morgan fingerprint density at radius 1 is 1.05 bits per heavy atom. The number of nitriles is 2. The summed E-state index contributed by atoms with van der Waals surface area (Å²) in [5, 5.41) is 20.9.